The summed E-state index contributed by atoms with van der Waals surface area (Å²) in [5.74, 6) is 1.24. The maximum absolute atomic E-state index is 11.7. The van der Waals surface area contributed by atoms with E-state index in [1.165, 1.54) is 5.56 Å². The molecule has 24 heavy (non-hydrogen) atoms. The first-order chi connectivity index (χ1) is 11.6. The Morgan fingerprint density at radius 3 is 2.58 bits per heavy atom. The number of hydrogen-bond donors (Lipinski definition) is 3. The Kier molecular flexibility index (Phi) is 6.90. The van der Waals surface area contributed by atoms with Crippen molar-refractivity contribution in [2.24, 2.45) is 10.9 Å². The van der Waals surface area contributed by atoms with Gasteiger partial charge in [-0.15, -0.1) is 0 Å². The first-order valence-electron chi connectivity index (χ1n) is 8.59. The summed E-state index contributed by atoms with van der Waals surface area (Å²) in [6.45, 7) is 4.91. The molecule has 0 bridgehead atoms. The lowest BCUT2D eigenvalue weighted by molar-refractivity contribution is 0.146. The third-order valence-corrected chi connectivity index (χ3v) is 4.14. The number of benzene rings is 1. The number of amides is 1. The molecule has 0 spiro atoms. The van der Waals surface area contributed by atoms with Crippen molar-refractivity contribution >= 4 is 12.1 Å². The van der Waals surface area contributed by atoms with Crippen molar-refractivity contribution in [3.05, 3.63) is 35.9 Å². The van der Waals surface area contributed by atoms with Crippen molar-refractivity contribution in [3.8, 4) is 0 Å². The van der Waals surface area contributed by atoms with Gasteiger partial charge in [0.05, 0.1) is 18.7 Å². The van der Waals surface area contributed by atoms with Gasteiger partial charge in [0.1, 0.15) is 0 Å². The van der Waals surface area contributed by atoms with Crippen molar-refractivity contribution in [3.63, 3.8) is 0 Å². The van der Waals surface area contributed by atoms with Crippen molar-refractivity contribution < 1.29 is 9.53 Å². The maximum Gasteiger partial charge on any atom is 0.407 e. The van der Waals surface area contributed by atoms with Gasteiger partial charge in [0.15, 0.2) is 5.96 Å². The van der Waals surface area contributed by atoms with Crippen LogP contribution in [0.1, 0.15) is 38.3 Å². The first-order valence-corrected chi connectivity index (χ1v) is 8.59. The van der Waals surface area contributed by atoms with E-state index in [-0.39, 0.29) is 18.2 Å². The molecular weight excluding hydrogens is 304 g/mol. The predicted octanol–water partition coefficient (Wildman–Crippen LogP) is 2.44. The van der Waals surface area contributed by atoms with Gasteiger partial charge in [-0.3, -0.25) is 4.99 Å². The molecule has 1 amide bonds. The smallest absolute Gasteiger partial charge is 0.407 e. The number of nitrogens with zero attached hydrogens (tertiary/aromatic N) is 1. The van der Waals surface area contributed by atoms with Crippen LogP contribution in [0.15, 0.2) is 35.3 Å². The Morgan fingerprint density at radius 2 is 2.00 bits per heavy atom. The zero-order valence-corrected chi connectivity index (χ0v) is 14.7. The van der Waals surface area contributed by atoms with Crippen LogP contribution in [-0.4, -0.2) is 38.3 Å². The van der Waals surface area contributed by atoms with E-state index in [2.05, 4.69) is 40.0 Å². The van der Waals surface area contributed by atoms with E-state index in [9.17, 15) is 4.79 Å². The highest BCUT2D eigenvalue weighted by atomic mass is 16.5. The zero-order valence-electron chi connectivity index (χ0n) is 14.7. The first kappa shape index (κ1) is 18.1. The highest BCUT2D eigenvalue weighted by Crippen LogP contribution is 2.32. The number of hydrogen-bond acceptors (Lipinski definition) is 3. The number of carbonyl (C=O) groups is 1. The van der Waals surface area contributed by atoms with Gasteiger partial charge in [-0.2, -0.15) is 0 Å². The van der Waals surface area contributed by atoms with Crippen LogP contribution in [0.3, 0.4) is 0 Å². The molecule has 1 saturated carbocycles. The number of aliphatic imine (C=N–C) groups is 1. The zero-order chi connectivity index (χ0) is 17.4. The minimum absolute atomic E-state index is 0.0645. The fourth-order valence-corrected chi connectivity index (χ4v) is 2.59. The van der Waals surface area contributed by atoms with Crippen LogP contribution in [0.2, 0.25) is 0 Å². The number of guanidine groups is 1. The number of rotatable bonds is 7. The highest BCUT2D eigenvalue weighted by molar-refractivity contribution is 5.80. The van der Waals surface area contributed by atoms with Crippen molar-refractivity contribution in [2.75, 3.05) is 20.2 Å². The molecule has 0 radical (unpaired) electrons. The molecule has 0 heterocycles. The molecule has 1 aromatic carbocycles. The second-order valence-corrected chi connectivity index (χ2v) is 6.04. The van der Waals surface area contributed by atoms with Gasteiger partial charge in [-0.25, -0.2) is 4.79 Å². The average molecular weight is 332 g/mol. The summed E-state index contributed by atoms with van der Waals surface area (Å²) in [5.41, 5.74) is 1.20. The summed E-state index contributed by atoms with van der Waals surface area (Å²) in [6.07, 6.45) is 1.94. The SMILES string of the molecule is CCOC(=O)NC(CNC(=NC)NC(C)c1ccccc1)C1CC1. The summed E-state index contributed by atoms with van der Waals surface area (Å²) in [4.78, 5) is 15.9. The minimum atomic E-state index is -0.350. The molecule has 132 valence electrons. The summed E-state index contributed by atoms with van der Waals surface area (Å²) in [7, 11) is 1.75. The molecule has 2 atom stereocenters. The van der Waals surface area contributed by atoms with E-state index in [0.29, 0.717) is 19.1 Å². The number of alkyl carbamates (subject to hydrolysis) is 1. The van der Waals surface area contributed by atoms with Crippen LogP contribution in [-0.2, 0) is 4.74 Å². The maximum atomic E-state index is 11.7. The van der Waals surface area contributed by atoms with Gasteiger partial charge in [-0.05, 0) is 38.2 Å². The van der Waals surface area contributed by atoms with E-state index >= 15 is 0 Å². The van der Waals surface area contributed by atoms with Gasteiger partial charge in [0.25, 0.3) is 0 Å². The van der Waals surface area contributed by atoms with Crippen molar-refractivity contribution in [1.29, 1.82) is 0 Å². The third kappa shape index (κ3) is 5.76. The Bertz CT molecular complexity index is 543. The molecule has 0 aliphatic heterocycles. The normalized spacial score (nSPS) is 16.9. The Hall–Kier alpha value is -2.24. The van der Waals surface area contributed by atoms with Gasteiger partial charge in [-0.1, -0.05) is 30.3 Å². The second-order valence-electron chi connectivity index (χ2n) is 6.04. The molecule has 3 N–H and O–H groups in total. The summed E-state index contributed by atoms with van der Waals surface area (Å²) in [6, 6.07) is 10.4. The number of ether oxygens (including phenoxy) is 1. The van der Waals surface area contributed by atoms with Gasteiger partial charge < -0.3 is 20.7 Å². The van der Waals surface area contributed by atoms with E-state index < -0.39 is 0 Å². The minimum Gasteiger partial charge on any atom is -0.450 e. The molecule has 1 aliphatic rings. The topological polar surface area (TPSA) is 74.8 Å². The average Bonchev–Trinajstić information content (AvgIpc) is 3.43. The van der Waals surface area contributed by atoms with Gasteiger partial charge in [0.2, 0.25) is 0 Å². The summed E-state index contributed by atoms with van der Waals surface area (Å²) >= 11 is 0. The molecule has 6 nitrogen and oxygen atoms in total. The molecular formula is C18H28N4O2. The van der Waals surface area contributed by atoms with Crippen LogP contribution in [0, 0.1) is 5.92 Å². The molecule has 0 aromatic heterocycles. The largest absolute Gasteiger partial charge is 0.450 e. The van der Waals surface area contributed by atoms with Crippen LogP contribution in [0.5, 0.6) is 0 Å². The Morgan fingerprint density at radius 1 is 1.29 bits per heavy atom. The highest BCUT2D eigenvalue weighted by Gasteiger charge is 2.32. The molecule has 1 aromatic rings. The molecule has 1 fully saturated rings. The van der Waals surface area contributed by atoms with Crippen molar-refractivity contribution in [2.45, 2.75) is 38.8 Å². The standard InChI is InChI=1S/C18H28N4O2/c1-4-24-18(23)22-16(15-10-11-15)12-20-17(19-3)21-13(2)14-8-6-5-7-9-14/h5-9,13,15-16H,4,10-12H2,1-3H3,(H,22,23)(H2,19,20,21). The lowest BCUT2D eigenvalue weighted by Gasteiger charge is -2.22. The number of carbonyl (C=O) groups excluding carboxylic acids is 1. The fourth-order valence-electron chi connectivity index (χ4n) is 2.59. The Balaban J connectivity index is 1.84. The quantitative estimate of drug-likeness (QED) is 0.529. The van der Waals surface area contributed by atoms with Crippen LogP contribution >= 0.6 is 0 Å². The summed E-state index contributed by atoms with van der Waals surface area (Å²) in [5, 5.41) is 9.62. The lowest BCUT2D eigenvalue weighted by Crippen LogP contribution is -2.48. The van der Waals surface area contributed by atoms with E-state index in [0.717, 1.165) is 18.8 Å². The fraction of sp³-hybridized carbons (Fsp3) is 0.556. The van der Waals surface area contributed by atoms with Crippen LogP contribution in [0.25, 0.3) is 0 Å². The monoisotopic (exact) mass is 332 g/mol. The molecule has 1 aliphatic carbocycles. The van der Waals surface area contributed by atoms with Crippen LogP contribution in [0.4, 0.5) is 4.79 Å². The predicted molar refractivity (Wildman–Crippen MR) is 96.0 cm³/mol. The van der Waals surface area contributed by atoms with E-state index in [1.807, 2.05) is 18.2 Å². The molecule has 2 unspecified atom stereocenters. The lowest BCUT2D eigenvalue weighted by atomic mass is 10.1. The summed E-state index contributed by atoms with van der Waals surface area (Å²) < 4.78 is 4.98. The van der Waals surface area contributed by atoms with Gasteiger partial charge >= 0.3 is 6.09 Å². The third-order valence-electron chi connectivity index (χ3n) is 4.14. The Labute approximate surface area is 144 Å². The molecule has 0 saturated heterocycles. The van der Waals surface area contributed by atoms with Crippen LogP contribution < -0.4 is 16.0 Å². The molecule has 2 rings (SSSR count). The number of nitrogens with one attached hydrogen (secondary N) is 3. The molecule has 6 heteroatoms. The van der Waals surface area contributed by atoms with E-state index in [4.69, 9.17) is 4.74 Å². The van der Waals surface area contributed by atoms with Gasteiger partial charge in [0, 0.05) is 13.6 Å². The van der Waals surface area contributed by atoms with Crippen molar-refractivity contribution in [1.82, 2.24) is 16.0 Å². The van der Waals surface area contributed by atoms with E-state index in [1.54, 1.807) is 14.0 Å². The second kappa shape index (κ2) is 9.15.